The maximum atomic E-state index is 12.9. The maximum absolute atomic E-state index is 12.9. The highest BCUT2D eigenvalue weighted by atomic mass is 19.3. The number of ketones is 1. The summed E-state index contributed by atoms with van der Waals surface area (Å²) in [6.07, 6.45) is 8.89. The zero-order chi connectivity index (χ0) is 21.3. The molecule has 1 aromatic carbocycles. The summed E-state index contributed by atoms with van der Waals surface area (Å²) < 4.78 is 40.2. The number of halogens is 2. The summed E-state index contributed by atoms with van der Waals surface area (Å²) in [7, 11) is 1.34. The normalized spacial score (nSPS) is 29.4. The number of ether oxygens (including phenoxy) is 3. The number of esters is 1. The minimum absolute atomic E-state index is 0.0199. The van der Waals surface area contributed by atoms with Crippen molar-refractivity contribution in [3.05, 3.63) is 29.8 Å². The Bertz CT molecular complexity index is 813. The van der Waals surface area contributed by atoms with Crippen LogP contribution in [0.1, 0.15) is 44.1 Å². The predicted octanol–water partition coefficient (Wildman–Crippen LogP) is 4.64. The fourth-order valence-corrected chi connectivity index (χ4v) is 5.99. The second-order valence-electron chi connectivity index (χ2n) is 8.82. The van der Waals surface area contributed by atoms with Gasteiger partial charge in [0.15, 0.2) is 23.9 Å². The molecule has 4 aliphatic carbocycles. The first-order valence-electron chi connectivity index (χ1n) is 10.4. The second-order valence-corrected chi connectivity index (χ2v) is 8.82. The van der Waals surface area contributed by atoms with E-state index in [0.29, 0.717) is 17.8 Å². The third kappa shape index (κ3) is 4.20. The average Bonchev–Trinajstić information content (AvgIpc) is 2.69. The van der Waals surface area contributed by atoms with Crippen molar-refractivity contribution in [2.24, 2.45) is 23.2 Å². The van der Waals surface area contributed by atoms with E-state index in [2.05, 4.69) is 4.74 Å². The lowest BCUT2D eigenvalue weighted by molar-refractivity contribution is -0.155. The number of rotatable bonds is 8. The Morgan fingerprint density at radius 1 is 1.13 bits per heavy atom. The second kappa shape index (κ2) is 8.36. The van der Waals surface area contributed by atoms with Gasteiger partial charge in [0.1, 0.15) is 0 Å². The van der Waals surface area contributed by atoms with Crippen molar-refractivity contribution < 1.29 is 32.6 Å². The first kappa shape index (κ1) is 20.8. The van der Waals surface area contributed by atoms with Crippen LogP contribution in [-0.4, -0.2) is 32.1 Å². The molecule has 0 spiro atoms. The minimum Gasteiger partial charge on any atom is -0.493 e. The topological polar surface area (TPSA) is 61.8 Å². The van der Waals surface area contributed by atoms with E-state index in [1.807, 2.05) is 0 Å². The molecule has 0 N–H and O–H groups in total. The summed E-state index contributed by atoms with van der Waals surface area (Å²) in [6.45, 7) is -3.27. The Balaban J connectivity index is 1.37. The Morgan fingerprint density at radius 3 is 2.33 bits per heavy atom. The first-order chi connectivity index (χ1) is 14.4. The van der Waals surface area contributed by atoms with E-state index in [1.54, 1.807) is 6.07 Å². The van der Waals surface area contributed by atoms with Crippen LogP contribution in [0, 0.1) is 23.2 Å². The van der Waals surface area contributed by atoms with Crippen LogP contribution in [0.25, 0.3) is 6.08 Å². The largest absolute Gasteiger partial charge is 0.493 e. The van der Waals surface area contributed by atoms with Crippen LogP contribution >= 0.6 is 0 Å². The van der Waals surface area contributed by atoms with Gasteiger partial charge in [0, 0.05) is 17.1 Å². The van der Waals surface area contributed by atoms with Gasteiger partial charge in [0.2, 0.25) is 0 Å². The number of methoxy groups -OCH3 is 1. The first-order valence-corrected chi connectivity index (χ1v) is 10.4. The molecule has 5 rings (SSSR count). The maximum Gasteiger partial charge on any atom is 0.387 e. The van der Waals surface area contributed by atoms with Gasteiger partial charge in [-0.05, 0) is 68.4 Å². The summed E-state index contributed by atoms with van der Waals surface area (Å²) in [5.74, 6) is 1.20. The fraction of sp³-hybridized carbons (Fsp3) is 0.565. The fourth-order valence-electron chi connectivity index (χ4n) is 5.99. The lowest BCUT2D eigenvalue weighted by Gasteiger charge is -2.55. The average molecular weight is 420 g/mol. The lowest BCUT2D eigenvalue weighted by Crippen LogP contribution is -2.51. The number of hydrogen-bond acceptors (Lipinski definition) is 5. The Hall–Kier alpha value is -2.44. The third-order valence-corrected chi connectivity index (χ3v) is 6.81. The molecule has 5 nitrogen and oxygen atoms in total. The van der Waals surface area contributed by atoms with E-state index in [9.17, 15) is 18.4 Å². The van der Waals surface area contributed by atoms with Gasteiger partial charge in [-0.2, -0.15) is 8.78 Å². The van der Waals surface area contributed by atoms with Crippen LogP contribution in [0.2, 0.25) is 0 Å². The number of carbonyl (C=O) groups is 2. The molecule has 30 heavy (non-hydrogen) atoms. The molecule has 7 heteroatoms. The van der Waals surface area contributed by atoms with Gasteiger partial charge in [0.05, 0.1) is 7.11 Å². The number of para-hydroxylation sites is 1. The molecular weight excluding hydrogens is 394 g/mol. The summed E-state index contributed by atoms with van der Waals surface area (Å²) in [4.78, 5) is 25.1. The zero-order valence-electron chi connectivity index (χ0n) is 16.9. The molecule has 0 radical (unpaired) electrons. The molecule has 0 aliphatic heterocycles. The van der Waals surface area contributed by atoms with Crippen molar-refractivity contribution in [1.29, 1.82) is 0 Å². The minimum atomic E-state index is -3.03. The van der Waals surface area contributed by atoms with Gasteiger partial charge in [-0.15, -0.1) is 0 Å². The number of Topliss-reactive ketones (excluding diaryl/α,β-unsaturated/α-hetero) is 1. The number of alkyl halides is 2. The Kier molecular flexibility index (Phi) is 5.80. The molecule has 4 saturated carbocycles. The van der Waals surface area contributed by atoms with Crippen molar-refractivity contribution in [3.8, 4) is 11.5 Å². The monoisotopic (exact) mass is 420 g/mol. The van der Waals surface area contributed by atoms with E-state index in [1.165, 1.54) is 44.6 Å². The van der Waals surface area contributed by atoms with Crippen LogP contribution in [0.15, 0.2) is 24.3 Å². The van der Waals surface area contributed by atoms with E-state index in [-0.39, 0.29) is 34.9 Å². The smallest absolute Gasteiger partial charge is 0.387 e. The standard InChI is InChI=1S/C23H26F2O5/c1-28-18-4-2-3-17(21(18)30-22(24)25)5-6-20(27)29-13-19(26)23-10-14-7-15(11-23)9-16(8-14)12-23/h2-6,14-16,22H,7-13H2,1H3/b6-5+. The molecule has 0 atom stereocenters. The van der Waals surface area contributed by atoms with E-state index < -0.39 is 12.6 Å². The third-order valence-electron chi connectivity index (χ3n) is 6.81. The molecule has 0 heterocycles. The summed E-state index contributed by atoms with van der Waals surface area (Å²) in [5, 5.41) is 0. The molecule has 4 aliphatic rings. The lowest BCUT2D eigenvalue weighted by atomic mass is 9.48. The molecule has 0 saturated heterocycles. The van der Waals surface area contributed by atoms with Gasteiger partial charge in [-0.3, -0.25) is 4.79 Å². The van der Waals surface area contributed by atoms with Crippen LogP contribution < -0.4 is 9.47 Å². The molecule has 4 bridgehead atoms. The summed E-state index contributed by atoms with van der Waals surface area (Å²) in [6, 6.07) is 4.60. The number of carbonyl (C=O) groups excluding carboxylic acids is 2. The van der Waals surface area contributed by atoms with Crippen LogP contribution in [0.3, 0.4) is 0 Å². The highest BCUT2D eigenvalue weighted by Crippen LogP contribution is 2.60. The van der Waals surface area contributed by atoms with Gasteiger partial charge >= 0.3 is 12.6 Å². The van der Waals surface area contributed by atoms with Crippen molar-refractivity contribution >= 4 is 17.8 Å². The summed E-state index contributed by atoms with van der Waals surface area (Å²) >= 11 is 0. The quantitative estimate of drug-likeness (QED) is 0.453. The van der Waals surface area contributed by atoms with Crippen molar-refractivity contribution in [2.45, 2.75) is 45.1 Å². The van der Waals surface area contributed by atoms with Gasteiger partial charge in [-0.25, -0.2) is 4.79 Å². The van der Waals surface area contributed by atoms with Crippen molar-refractivity contribution in [2.75, 3.05) is 13.7 Å². The Labute approximate surface area is 174 Å². The van der Waals surface area contributed by atoms with Crippen LogP contribution in [0.4, 0.5) is 8.78 Å². The molecular formula is C23H26F2O5. The molecule has 0 unspecified atom stereocenters. The highest BCUT2D eigenvalue weighted by molar-refractivity contribution is 5.92. The van der Waals surface area contributed by atoms with E-state index in [4.69, 9.17) is 9.47 Å². The number of benzene rings is 1. The Morgan fingerprint density at radius 2 is 1.77 bits per heavy atom. The van der Waals surface area contributed by atoms with Crippen LogP contribution in [-0.2, 0) is 14.3 Å². The van der Waals surface area contributed by atoms with Gasteiger partial charge in [-0.1, -0.05) is 12.1 Å². The molecule has 1 aromatic rings. The summed E-state index contributed by atoms with van der Waals surface area (Å²) in [5.41, 5.74) is -0.0666. The SMILES string of the molecule is COc1cccc(/C=C/C(=O)OCC(=O)C23CC4CC(CC(C4)C2)C3)c1OC(F)F. The van der Waals surface area contributed by atoms with E-state index in [0.717, 1.165) is 25.3 Å². The molecule has 4 fully saturated rings. The van der Waals surface area contributed by atoms with E-state index >= 15 is 0 Å². The van der Waals surface area contributed by atoms with Gasteiger partial charge in [0.25, 0.3) is 0 Å². The molecule has 0 amide bonds. The molecule has 162 valence electrons. The van der Waals surface area contributed by atoms with Crippen LogP contribution in [0.5, 0.6) is 11.5 Å². The highest BCUT2D eigenvalue weighted by Gasteiger charge is 2.54. The zero-order valence-corrected chi connectivity index (χ0v) is 16.9. The van der Waals surface area contributed by atoms with Gasteiger partial charge < -0.3 is 14.2 Å². The predicted molar refractivity (Wildman–Crippen MR) is 105 cm³/mol. The number of hydrogen-bond donors (Lipinski definition) is 0. The van der Waals surface area contributed by atoms with Crippen molar-refractivity contribution in [3.63, 3.8) is 0 Å². The van der Waals surface area contributed by atoms with Crippen molar-refractivity contribution in [1.82, 2.24) is 0 Å². The molecule has 0 aromatic heterocycles.